The first kappa shape index (κ1) is 16.9. The Bertz CT molecular complexity index is 702. The third-order valence-corrected chi connectivity index (χ3v) is 3.80. The molecule has 23 heavy (non-hydrogen) atoms. The lowest BCUT2D eigenvalue weighted by Gasteiger charge is -2.13. The minimum Gasteiger partial charge on any atom is -0.507 e. The molecular weight excluding hydrogens is 284 g/mol. The molecule has 120 valence electrons. The van der Waals surface area contributed by atoms with Crippen molar-refractivity contribution in [1.29, 1.82) is 0 Å². The van der Waals surface area contributed by atoms with Gasteiger partial charge < -0.3 is 10.2 Å². The summed E-state index contributed by atoms with van der Waals surface area (Å²) in [6, 6.07) is 7.86. The van der Waals surface area contributed by atoms with Gasteiger partial charge in [0.25, 0.3) is 0 Å². The summed E-state index contributed by atoms with van der Waals surface area (Å²) in [4.78, 5) is 0. The summed E-state index contributed by atoms with van der Waals surface area (Å²) in [6.45, 7) is 7.88. The predicted octanol–water partition coefficient (Wildman–Crippen LogP) is 5.37. The Morgan fingerprint density at radius 2 is 1.13 bits per heavy atom. The van der Waals surface area contributed by atoms with Crippen molar-refractivity contribution in [2.75, 3.05) is 0 Å². The van der Waals surface area contributed by atoms with E-state index in [4.69, 9.17) is 0 Å². The highest BCUT2D eigenvalue weighted by atomic mass is 16.3. The topological polar surface area (TPSA) is 40.5 Å². The maximum Gasteiger partial charge on any atom is 0.126 e. The van der Waals surface area contributed by atoms with Crippen molar-refractivity contribution in [3.63, 3.8) is 0 Å². The second-order valence-corrected chi connectivity index (χ2v) is 5.90. The Kier molecular flexibility index (Phi) is 5.28. The zero-order chi connectivity index (χ0) is 17.0. The highest BCUT2D eigenvalue weighted by Gasteiger charge is 2.12. The van der Waals surface area contributed by atoms with E-state index in [2.05, 4.69) is 0 Å². The summed E-state index contributed by atoms with van der Waals surface area (Å²) in [6.07, 6.45) is 8.11. The van der Waals surface area contributed by atoms with E-state index < -0.39 is 0 Å². The van der Waals surface area contributed by atoms with Crippen molar-refractivity contribution in [3.8, 4) is 11.5 Å². The molecule has 0 aliphatic heterocycles. The summed E-state index contributed by atoms with van der Waals surface area (Å²) in [7, 11) is 0. The molecule has 2 aromatic carbocycles. The zero-order valence-corrected chi connectivity index (χ0v) is 14.2. The lowest BCUT2D eigenvalue weighted by molar-refractivity contribution is 0.461. The van der Waals surface area contributed by atoms with Crippen molar-refractivity contribution >= 4 is 12.2 Å². The molecule has 0 unspecified atom stereocenters. The van der Waals surface area contributed by atoms with Crippen LogP contribution in [0, 0.1) is 13.8 Å². The van der Waals surface area contributed by atoms with Gasteiger partial charge in [-0.2, -0.15) is 0 Å². The SMILES string of the molecule is CC=Cc1cc(C)cc(Cc2cc(C)cc(C=CC)c2O)c1O. The first-order chi connectivity index (χ1) is 11.0. The average Bonchev–Trinajstić information content (AvgIpc) is 2.49. The van der Waals surface area contributed by atoms with Crippen LogP contribution in [0.1, 0.15) is 47.2 Å². The molecule has 0 heterocycles. The minimum absolute atomic E-state index is 0.280. The van der Waals surface area contributed by atoms with Crippen molar-refractivity contribution in [2.45, 2.75) is 34.1 Å². The van der Waals surface area contributed by atoms with E-state index in [1.807, 2.05) is 76.3 Å². The summed E-state index contributed by atoms with van der Waals surface area (Å²) in [5.41, 5.74) is 5.45. The third-order valence-electron chi connectivity index (χ3n) is 3.80. The second-order valence-electron chi connectivity index (χ2n) is 5.90. The quantitative estimate of drug-likeness (QED) is 0.797. The van der Waals surface area contributed by atoms with Crippen LogP contribution >= 0.6 is 0 Å². The van der Waals surface area contributed by atoms with E-state index in [0.717, 1.165) is 33.4 Å². The Morgan fingerprint density at radius 3 is 1.48 bits per heavy atom. The van der Waals surface area contributed by atoms with E-state index >= 15 is 0 Å². The summed E-state index contributed by atoms with van der Waals surface area (Å²) < 4.78 is 0. The first-order valence-electron chi connectivity index (χ1n) is 7.86. The van der Waals surface area contributed by atoms with Crippen LogP contribution in [0.15, 0.2) is 36.4 Å². The molecule has 2 heteroatoms. The summed E-state index contributed by atoms with van der Waals surface area (Å²) in [5, 5.41) is 21.0. The van der Waals surface area contributed by atoms with Gasteiger partial charge in [-0.1, -0.05) is 36.4 Å². The molecule has 0 amide bonds. The fourth-order valence-electron chi connectivity index (χ4n) is 2.86. The fourth-order valence-corrected chi connectivity index (χ4v) is 2.86. The molecule has 0 saturated heterocycles. The molecule has 0 bridgehead atoms. The van der Waals surface area contributed by atoms with Crippen LogP contribution in [-0.4, -0.2) is 10.2 Å². The molecule has 0 atom stereocenters. The van der Waals surface area contributed by atoms with Gasteiger partial charge in [-0.25, -0.2) is 0 Å². The lowest BCUT2D eigenvalue weighted by atomic mass is 9.95. The van der Waals surface area contributed by atoms with Crippen LogP contribution in [0.4, 0.5) is 0 Å². The Hall–Kier alpha value is -2.48. The van der Waals surface area contributed by atoms with E-state index in [0.29, 0.717) is 6.42 Å². The number of hydrogen-bond donors (Lipinski definition) is 2. The van der Waals surface area contributed by atoms with Crippen LogP contribution in [0.25, 0.3) is 12.2 Å². The van der Waals surface area contributed by atoms with E-state index in [1.54, 1.807) is 0 Å². The Balaban J connectivity index is 2.51. The monoisotopic (exact) mass is 308 g/mol. The van der Waals surface area contributed by atoms with Gasteiger partial charge in [-0.15, -0.1) is 0 Å². The number of benzene rings is 2. The molecule has 2 N–H and O–H groups in total. The number of hydrogen-bond acceptors (Lipinski definition) is 2. The van der Waals surface area contributed by atoms with Crippen LogP contribution in [0.2, 0.25) is 0 Å². The zero-order valence-electron chi connectivity index (χ0n) is 14.2. The van der Waals surface area contributed by atoms with Gasteiger partial charge in [-0.3, -0.25) is 0 Å². The molecular formula is C21H24O2. The second kappa shape index (κ2) is 7.19. The van der Waals surface area contributed by atoms with Gasteiger partial charge in [0.15, 0.2) is 0 Å². The standard InChI is InChI=1S/C21H24O2/c1-5-7-16-9-14(3)11-18(20(16)22)13-19-12-15(4)10-17(8-6-2)21(19)23/h5-12,22-23H,13H2,1-4H3. The van der Waals surface area contributed by atoms with Crippen LogP contribution in [0.3, 0.4) is 0 Å². The van der Waals surface area contributed by atoms with E-state index in [9.17, 15) is 10.2 Å². The van der Waals surface area contributed by atoms with Crippen molar-refractivity contribution in [2.24, 2.45) is 0 Å². The van der Waals surface area contributed by atoms with Gasteiger partial charge in [0.1, 0.15) is 11.5 Å². The predicted molar refractivity (Wildman–Crippen MR) is 97.9 cm³/mol. The molecule has 0 aliphatic carbocycles. The first-order valence-corrected chi connectivity index (χ1v) is 7.86. The van der Waals surface area contributed by atoms with Crippen molar-refractivity contribution in [1.82, 2.24) is 0 Å². The fraction of sp³-hybridized carbons (Fsp3) is 0.238. The number of aromatic hydroxyl groups is 2. The smallest absolute Gasteiger partial charge is 0.126 e. The highest BCUT2D eigenvalue weighted by Crippen LogP contribution is 2.32. The van der Waals surface area contributed by atoms with Gasteiger partial charge in [0.05, 0.1) is 0 Å². The van der Waals surface area contributed by atoms with E-state index in [-0.39, 0.29) is 11.5 Å². The molecule has 0 radical (unpaired) electrons. The van der Waals surface area contributed by atoms with Gasteiger partial charge in [0.2, 0.25) is 0 Å². The molecule has 0 aliphatic rings. The Morgan fingerprint density at radius 1 is 0.739 bits per heavy atom. The number of allylic oxidation sites excluding steroid dienone is 2. The van der Waals surface area contributed by atoms with Crippen molar-refractivity contribution < 1.29 is 10.2 Å². The maximum absolute atomic E-state index is 10.5. The number of rotatable bonds is 4. The average molecular weight is 308 g/mol. The number of phenolic OH excluding ortho intramolecular Hbond substituents is 2. The third kappa shape index (κ3) is 3.84. The minimum atomic E-state index is 0.280. The van der Waals surface area contributed by atoms with Gasteiger partial charge in [0, 0.05) is 17.5 Å². The van der Waals surface area contributed by atoms with Gasteiger partial charge in [-0.05, 0) is 62.1 Å². The molecule has 0 fully saturated rings. The number of phenols is 2. The highest BCUT2D eigenvalue weighted by molar-refractivity contribution is 5.64. The molecule has 2 aromatic rings. The van der Waals surface area contributed by atoms with Crippen LogP contribution in [-0.2, 0) is 6.42 Å². The summed E-state index contributed by atoms with van der Waals surface area (Å²) >= 11 is 0. The normalized spacial score (nSPS) is 11.7. The summed E-state index contributed by atoms with van der Waals surface area (Å²) in [5.74, 6) is 0.560. The molecule has 2 nitrogen and oxygen atoms in total. The number of aryl methyl sites for hydroxylation is 2. The molecule has 0 saturated carbocycles. The van der Waals surface area contributed by atoms with Crippen LogP contribution < -0.4 is 0 Å². The molecule has 0 aromatic heterocycles. The van der Waals surface area contributed by atoms with Crippen molar-refractivity contribution in [3.05, 3.63) is 69.8 Å². The lowest BCUT2D eigenvalue weighted by Crippen LogP contribution is -1.95. The van der Waals surface area contributed by atoms with E-state index in [1.165, 1.54) is 0 Å². The molecule has 0 spiro atoms. The van der Waals surface area contributed by atoms with Crippen LogP contribution in [0.5, 0.6) is 11.5 Å². The van der Waals surface area contributed by atoms with Gasteiger partial charge >= 0.3 is 0 Å². The molecule has 2 rings (SSSR count). The Labute approximate surface area is 138 Å². The largest absolute Gasteiger partial charge is 0.507 e. The maximum atomic E-state index is 10.5.